The second-order valence-electron chi connectivity index (χ2n) is 6.11. The predicted octanol–water partition coefficient (Wildman–Crippen LogP) is 2.96. The van der Waals surface area contributed by atoms with Crippen LogP contribution in [0.5, 0.6) is 0 Å². The van der Waals surface area contributed by atoms with Crippen molar-refractivity contribution in [3.8, 4) is 0 Å². The lowest BCUT2D eigenvalue weighted by Gasteiger charge is -2.24. The molecule has 23 heavy (non-hydrogen) atoms. The van der Waals surface area contributed by atoms with Gasteiger partial charge in [-0.15, -0.1) is 0 Å². The monoisotopic (exact) mass is 333 g/mol. The van der Waals surface area contributed by atoms with E-state index in [9.17, 15) is 28.1 Å². The molecule has 0 saturated carbocycles. The molecule has 6 nitrogen and oxygen atoms in total. The summed E-state index contributed by atoms with van der Waals surface area (Å²) in [5.41, 5.74) is -2.36. The standard InChI is InChI=1S/C14H18F3N3O3/c1-13(2,3)18-12(21)8-19(4)10-6-5-9(14(15,16)17)7-11(10)20(22)23/h5-7H,8H2,1-4H3,(H,18,21). The zero-order chi connectivity index (χ0) is 18.0. The van der Waals surface area contributed by atoms with E-state index < -0.39 is 33.8 Å². The minimum absolute atomic E-state index is 0.0629. The first kappa shape index (κ1) is 18.7. The van der Waals surface area contributed by atoms with E-state index in [-0.39, 0.29) is 12.2 Å². The summed E-state index contributed by atoms with van der Waals surface area (Å²) in [6.45, 7) is 5.09. The molecule has 128 valence electrons. The first-order valence-corrected chi connectivity index (χ1v) is 6.69. The third-order valence-corrected chi connectivity index (χ3v) is 2.81. The lowest BCUT2D eigenvalue weighted by atomic mass is 10.1. The number of hydrogen-bond donors (Lipinski definition) is 1. The molecule has 0 atom stereocenters. The molecule has 1 amide bonds. The highest BCUT2D eigenvalue weighted by molar-refractivity contribution is 5.83. The molecule has 1 aromatic rings. The molecule has 0 heterocycles. The largest absolute Gasteiger partial charge is 0.416 e. The minimum Gasteiger partial charge on any atom is -0.360 e. The van der Waals surface area contributed by atoms with Gasteiger partial charge >= 0.3 is 6.18 Å². The highest BCUT2D eigenvalue weighted by atomic mass is 19.4. The molecule has 0 aromatic heterocycles. The lowest BCUT2D eigenvalue weighted by Crippen LogP contribution is -2.45. The predicted molar refractivity (Wildman–Crippen MR) is 79.3 cm³/mol. The van der Waals surface area contributed by atoms with E-state index in [1.165, 1.54) is 11.9 Å². The second kappa shape index (κ2) is 6.43. The van der Waals surface area contributed by atoms with Crippen LogP contribution in [-0.2, 0) is 11.0 Å². The van der Waals surface area contributed by atoms with Gasteiger partial charge in [0.2, 0.25) is 5.91 Å². The number of carbonyl (C=O) groups excluding carboxylic acids is 1. The van der Waals surface area contributed by atoms with E-state index in [1.807, 2.05) is 0 Å². The third kappa shape index (κ3) is 5.42. The van der Waals surface area contributed by atoms with Gasteiger partial charge in [-0.1, -0.05) is 0 Å². The number of alkyl halides is 3. The maximum absolute atomic E-state index is 12.7. The Hall–Kier alpha value is -2.32. The van der Waals surface area contributed by atoms with Crippen LogP contribution in [0, 0.1) is 10.1 Å². The van der Waals surface area contributed by atoms with Crippen LogP contribution in [0.15, 0.2) is 18.2 Å². The number of likely N-dealkylation sites (N-methyl/N-ethyl adjacent to an activating group) is 1. The molecular weight excluding hydrogens is 315 g/mol. The van der Waals surface area contributed by atoms with Gasteiger partial charge in [-0.2, -0.15) is 13.2 Å². The van der Waals surface area contributed by atoms with Crippen LogP contribution in [0.2, 0.25) is 0 Å². The summed E-state index contributed by atoms with van der Waals surface area (Å²) in [5, 5.41) is 13.7. The lowest BCUT2D eigenvalue weighted by molar-refractivity contribution is -0.384. The third-order valence-electron chi connectivity index (χ3n) is 2.81. The zero-order valence-corrected chi connectivity index (χ0v) is 13.2. The summed E-state index contributed by atoms with van der Waals surface area (Å²) in [7, 11) is 1.40. The number of nitro groups is 1. The SMILES string of the molecule is CN(CC(=O)NC(C)(C)C)c1ccc(C(F)(F)F)cc1[N+](=O)[O-]. The van der Waals surface area contributed by atoms with Gasteiger partial charge in [0.05, 0.1) is 17.0 Å². The minimum atomic E-state index is -4.68. The fraction of sp³-hybridized carbons (Fsp3) is 0.500. The number of carbonyl (C=O) groups is 1. The molecule has 1 rings (SSSR count). The molecule has 0 unspecified atom stereocenters. The number of nitro benzene ring substituents is 1. The smallest absolute Gasteiger partial charge is 0.360 e. The number of halogens is 3. The van der Waals surface area contributed by atoms with E-state index in [1.54, 1.807) is 20.8 Å². The molecule has 0 spiro atoms. The van der Waals surface area contributed by atoms with Gasteiger partial charge in [-0.3, -0.25) is 14.9 Å². The summed E-state index contributed by atoms with van der Waals surface area (Å²) < 4.78 is 38.0. The van der Waals surface area contributed by atoms with E-state index in [2.05, 4.69) is 5.32 Å². The van der Waals surface area contributed by atoms with Crippen LogP contribution < -0.4 is 10.2 Å². The van der Waals surface area contributed by atoms with Crippen molar-refractivity contribution in [1.82, 2.24) is 5.32 Å². The summed E-state index contributed by atoms with van der Waals surface area (Å²) >= 11 is 0. The van der Waals surface area contributed by atoms with Crippen molar-refractivity contribution in [2.75, 3.05) is 18.5 Å². The summed E-state index contributed by atoms with van der Waals surface area (Å²) in [6.07, 6.45) is -4.68. The van der Waals surface area contributed by atoms with Crippen molar-refractivity contribution < 1.29 is 22.9 Å². The van der Waals surface area contributed by atoms with Crippen molar-refractivity contribution in [2.45, 2.75) is 32.5 Å². The van der Waals surface area contributed by atoms with Gasteiger partial charge in [0.15, 0.2) is 0 Å². The van der Waals surface area contributed by atoms with Crippen LogP contribution in [0.25, 0.3) is 0 Å². The topological polar surface area (TPSA) is 75.5 Å². The first-order valence-electron chi connectivity index (χ1n) is 6.69. The Labute approximate surface area is 131 Å². The van der Waals surface area contributed by atoms with E-state index >= 15 is 0 Å². The van der Waals surface area contributed by atoms with Gasteiger partial charge in [-0.05, 0) is 32.9 Å². The van der Waals surface area contributed by atoms with Crippen LogP contribution in [0.3, 0.4) is 0 Å². The summed E-state index contributed by atoms with van der Waals surface area (Å²) in [5.74, 6) is -0.394. The number of nitrogens with zero attached hydrogens (tertiary/aromatic N) is 2. The van der Waals surface area contributed by atoms with Crippen molar-refractivity contribution in [3.63, 3.8) is 0 Å². The quantitative estimate of drug-likeness (QED) is 0.679. The van der Waals surface area contributed by atoms with E-state index in [0.717, 1.165) is 12.1 Å². The maximum atomic E-state index is 12.7. The second-order valence-corrected chi connectivity index (χ2v) is 6.11. The van der Waals surface area contributed by atoms with Gasteiger partial charge in [0, 0.05) is 18.7 Å². The number of nitrogens with one attached hydrogen (secondary N) is 1. The summed E-state index contributed by atoms with van der Waals surface area (Å²) in [4.78, 5) is 23.2. The zero-order valence-electron chi connectivity index (χ0n) is 13.2. The van der Waals surface area contributed by atoms with E-state index in [4.69, 9.17) is 0 Å². The molecule has 0 aliphatic heterocycles. The molecular formula is C14H18F3N3O3. The van der Waals surface area contributed by atoms with Crippen molar-refractivity contribution in [2.24, 2.45) is 0 Å². The Morgan fingerprint density at radius 3 is 2.30 bits per heavy atom. The summed E-state index contributed by atoms with van der Waals surface area (Å²) in [6, 6.07) is 2.21. The number of anilines is 1. The van der Waals surface area contributed by atoms with Gasteiger partial charge in [0.1, 0.15) is 5.69 Å². The molecule has 9 heteroatoms. The molecule has 0 bridgehead atoms. The number of rotatable bonds is 4. The molecule has 0 aliphatic carbocycles. The fourth-order valence-electron chi connectivity index (χ4n) is 1.93. The van der Waals surface area contributed by atoms with Gasteiger partial charge in [-0.25, -0.2) is 0 Å². The number of amides is 1. The first-order chi connectivity index (χ1) is 10.3. The molecule has 0 radical (unpaired) electrons. The molecule has 0 fully saturated rings. The molecule has 0 saturated heterocycles. The normalized spacial score (nSPS) is 12.0. The van der Waals surface area contributed by atoms with Crippen LogP contribution in [0.1, 0.15) is 26.3 Å². The number of hydrogen-bond acceptors (Lipinski definition) is 4. The molecule has 1 N–H and O–H groups in total. The van der Waals surface area contributed by atoms with Gasteiger partial charge < -0.3 is 10.2 Å². The van der Waals surface area contributed by atoms with Crippen molar-refractivity contribution in [3.05, 3.63) is 33.9 Å². The Morgan fingerprint density at radius 1 is 1.30 bits per heavy atom. The number of benzene rings is 1. The maximum Gasteiger partial charge on any atom is 0.416 e. The highest BCUT2D eigenvalue weighted by Gasteiger charge is 2.33. The highest BCUT2D eigenvalue weighted by Crippen LogP contribution is 2.36. The Morgan fingerprint density at radius 2 is 1.87 bits per heavy atom. The van der Waals surface area contributed by atoms with Gasteiger partial charge in [0.25, 0.3) is 5.69 Å². The fourth-order valence-corrected chi connectivity index (χ4v) is 1.93. The average molecular weight is 333 g/mol. The van der Waals surface area contributed by atoms with Crippen LogP contribution >= 0.6 is 0 Å². The van der Waals surface area contributed by atoms with E-state index in [0.29, 0.717) is 6.07 Å². The molecule has 0 aliphatic rings. The van der Waals surface area contributed by atoms with Crippen molar-refractivity contribution in [1.29, 1.82) is 0 Å². The Balaban J connectivity index is 3.07. The van der Waals surface area contributed by atoms with Crippen molar-refractivity contribution >= 4 is 17.3 Å². The van der Waals surface area contributed by atoms with Crippen LogP contribution in [-0.4, -0.2) is 30.0 Å². The average Bonchev–Trinajstić information content (AvgIpc) is 2.34. The molecule has 1 aromatic carbocycles. The Bertz CT molecular complexity index is 610. The Kier molecular flexibility index (Phi) is 5.24. The van der Waals surface area contributed by atoms with Crippen LogP contribution in [0.4, 0.5) is 24.5 Å².